The van der Waals surface area contributed by atoms with Crippen LogP contribution in [0.3, 0.4) is 0 Å². The second-order valence-electron chi connectivity index (χ2n) is 9.87. The van der Waals surface area contributed by atoms with Gasteiger partial charge in [0.05, 0.1) is 5.60 Å². The van der Waals surface area contributed by atoms with Crippen LogP contribution in [0.2, 0.25) is 0 Å². The normalized spacial score (nSPS) is 33.4. The Hall–Kier alpha value is -0.610. The number of hydrogen-bond acceptors (Lipinski definition) is 3. The SMILES string of the molecule is CC1(C)C[C@H](CN2CCC3(CCC(=O)N(C4CCC4)C3)CC2)CCO1. The Balaban J connectivity index is 1.29. The van der Waals surface area contributed by atoms with Gasteiger partial charge in [0.15, 0.2) is 0 Å². The van der Waals surface area contributed by atoms with Crippen LogP contribution in [0.25, 0.3) is 0 Å². The monoisotopic (exact) mass is 348 g/mol. The molecule has 1 amide bonds. The Morgan fingerprint density at radius 2 is 1.88 bits per heavy atom. The summed E-state index contributed by atoms with van der Waals surface area (Å²) in [5.74, 6) is 1.22. The minimum absolute atomic E-state index is 0.0624. The first-order valence-electron chi connectivity index (χ1n) is 10.6. The summed E-state index contributed by atoms with van der Waals surface area (Å²) in [6, 6.07) is 0.576. The van der Waals surface area contributed by atoms with Gasteiger partial charge < -0.3 is 14.5 Å². The molecule has 0 aromatic rings. The van der Waals surface area contributed by atoms with E-state index < -0.39 is 0 Å². The molecule has 3 saturated heterocycles. The number of ether oxygens (including phenoxy) is 1. The van der Waals surface area contributed by atoms with Crippen LogP contribution in [-0.4, -0.2) is 60.1 Å². The van der Waals surface area contributed by atoms with Crippen molar-refractivity contribution in [3.63, 3.8) is 0 Å². The zero-order valence-corrected chi connectivity index (χ0v) is 16.3. The van der Waals surface area contributed by atoms with Gasteiger partial charge in [-0.1, -0.05) is 0 Å². The third-order valence-corrected chi connectivity index (χ3v) is 7.44. The van der Waals surface area contributed by atoms with E-state index in [0.29, 0.717) is 17.4 Å². The number of carbonyl (C=O) groups is 1. The van der Waals surface area contributed by atoms with Crippen molar-refractivity contribution in [1.82, 2.24) is 9.80 Å². The maximum Gasteiger partial charge on any atom is 0.222 e. The number of likely N-dealkylation sites (tertiary alicyclic amines) is 2. The molecule has 0 unspecified atom stereocenters. The molecule has 0 N–H and O–H groups in total. The molecule has 1 atom stereocenters. The van der Waals surface area contributed by atoms with Gasteiger partial charge in [-0.05, 0) is 89.6 Å². The lowest BCUT2D eigenvalue weighted by Gasteiger charge is -2.51. The van der Waals surface area contributed by atoms with Crippen molar-refractivity contribution in [3.05, 3.63) is 0 Å². The van der Waals surface area contributed by atoms with Gasteiger partial charge in [-0.25, -0.2) is 0 Å². The quantitative estimate of drug-likeness (QED) is 0.783. The predicted molar refractivity (Wildman–Crippen MR) is 99.4 cm³/mol. The summed E-state index contributed by atoms with van der Waals surface area (Å²) < 4.78 is 5.88. The number of nitrogens with zero attached hydrogens (tertiary/aromatic N) is 2. The smallest absolute Gasteiger partial charge is 0.222 e. The fraction of sp³-hybridized carbons (Fsp3) is 0.952. The Bertz CT molecular complexity index is 492. The van der Waals surface area contributed by atoms with Gasteiger partial charge in [-0.15, -0.1) is 0 Å². The molecule has 4 fully saturated rings. The highest BCUT2D eigenvalue weighted by Crippen LogP contribution is 2.43. The second kappa shape index (κ2) is 6.84. The Morgan fingerprint density at radius 3 is 2.52 bits per heavy atom. The summed E-state index contributed by atoms with van der Waals surface area (Å²) in [4.78, 5) is 17.3. The molecule has 4 heteroatoms. The molecular weight excluding hydrogens is 312 g/mol. The molecule has 4 aliphatic rings. The molecule has 0 radical (unpaired) electrons. The summed E-state index contributed by atoms with van der Waals surface area (Å²) in [6.07, 6.45) is 10.7. The highest BCUT2D eigenvalue weighted by molar-refractivity contribution is 5.77. The maximum absolute atomic E-state index is 12.3. The topological polar surface area (TPSA) is 32.8 Å². The van der Waals surface area contributed by atoms with Gasteiger partial charge in [0.25, 0.3) is 0 Å². The van der Waals surface area contributed by atoms with Crippen LogP contribution in [-0.2, 0) is 9.53 Å². The second-order valence-corrected chi connectivity index (χ2v) is 9.87. The molecule has 0 aromatic carbocycles. The van der Waals surface area contributed by atoms with Crippen LogP contribution in [0.4, 0.5) is 0 Å². The average Bonchev–Trinajstić information content (AvgIpc) is 2.51. The highest BCUT2D eigenvalue weighted by atomic mass is 16.5. The van der Waals surface area contributed by atoms with Crippen molar-refractivity contribution < 1.29 is 9.53 Å². The van der Waals surface area contributed by atoms with E-state index in [2.05, 4.69) is 23.6 Å². The van der Waals surface area contributed by atoms with Gasteiger partial charge >= 0.3 is 0 Å². The van der Waals surface area contributed by atoms with Gasteiger partial charge in [0.2, 0.25) is 5.91 Å². The minimum atomic E-state index is 0.0624. The van der Waals surface area contributed by atoms with Crippen molar-refractivity contribution >= 4 is 5.91 Å². The average molecular weight is 349 g/mol. The summed E-state index contributed by atoms with van der Waals surface area (Å²) in [5.41, 5.74) is 0.488. The fourth-order valence-corrected chi connectivity index (χ4v) is 5.57. The highest BCUT2D eigenvalue weighted by Gasteiger charge is 2.44. The predicted octanol–water partition coefficient (Wildman–Crippen LogP) is 3.45. The molecule has 142 valence electrons. The molecule has 3 aliphatic heterocycles. The maximum atomic E-state index is 12.3. The van der Waals surface area contributed by atoms with E-state index in [9.17, 15) is 4.79 Å². The Morgan fingerprint density at radius 1 is 1.12 bits per heavy atom. The fourth-order valence-electron chi connectivity index (χ4n) is 5.57. The number of amides is 1. The molecule has 1 saturated carbocycles. The van der Waals surface area contributed by atoms with Crippen LogP contribution < -0.4 is 0 Å². The van der Waals surface area contributed by atoms with Crippen LogP contribution in [0, 0.1) is 11.3 Å². The van der Waals surface area contributed by atoms with E-state index in [1.807, 2.05) is 0 Å². The zero-order chi connectivity index (χ0) is 17.5. The summed E-state index contributed by atoms with van der Waals surface area (Å²) in [6.45, 7) is 10.1. The van der Waals surface area contributed by atoms with Gasteiger partial charge in [-0.3, -0.25) is 4.79 Å². The third-order valence-electron chi connectivity index (χ3n) is 7.44. The van der Waals surface area contributed by atoms with E-state index in [1.165, 1.54) is 64.6 Å². The lowest BCUT2D eigenvalue weighted by Crippen LogP contribution is -2.56. The number of rotatable bonds is 3. The number of piperidine rings is 2. The van der Waals surface area contributed by atoms with Crippen molar-refractivity contribution in [2.24, 2.45) is 11.3 Å². The standard InChI is InChI=1S/C21H36N2O2/c1-20(2)14-17(7-13-25-20)15-22-11-9-21(10-12-22)8-6-19(24)23(16-21)18-4-3-5-18/h17-18H,3-16H2,1-2H3/t17-/m1/s1. The van der Waals surface area contributed by atoms with Crippen molar-refractivity contribution in [2.45, 2.75) is 83.3 Å². The van der Waals surface area contributed by atoms with E-state index in [-0.39, 0.29) is 5.60 Å². The van der Waals surface area contributed by atoms with E-state index >= 15 is 0 Å². The third kappa shape index (κ3) is 3.90. The van der Waals surface area contributed by atoms with Crippen LogP contribution in [0.1, 0.15) is 71.6 Å². The molecular formula is C21H36N2O2. The van der Waals surface area contributed by atoms with Crippen molar-refractivity contribution in [3.8, 4) is 0 Å². The minimum Gasteiger partial charge on any atom is -0.376 e. The van der Waals surface area contributed by atoms with Gasteiger partial charge in [0, 0.05) is 32.2 Å². The summed E-state index contributed by atoms with van der Waals surface area (Å²) in [7, 11) is 0. The largest absolute Gasteiger partial charge is 0.376 e. The van der Waals surface area contributed by atoms with Crippen LogP contribution in [0.5, 0.6) is 0 Å². The zero-order valence-electron chi connectivity index (χ0n) is 16.3. The van der Waals surface area contributed by atoms with Crippen molar-refractivity contribution in [2.75, 3.05) is 32.8 Å². The first-order valence-corrected chi connectivity index (χ1v) is 10.6. The summed E-state index contributed by atoms with van der Waals surface area (Å²) >= 11 is 0. The van der Waals surface area contributed by atoms with Gasteiger partial charge in [-0.2, -0.15) is 0 Å². The molecule has 0 aromatic heterocycles. The van der Waals surface area contributed by atoms with Crippen LogP contribution in [0.15, 0.2) is 0 Å². The Labute approximate surface area is 153 Å². The first kappa shape index (κ1) is 17.8. The summed E-state index contributed by atoms with van der Waals surface area (Å²) in [5, 5.41) is 0. The molecule has 0 bridgehead atoms. The lowest BCUT2D eigenvalue weighted by atomic mass is 9.71. The van der Waals surface area contributed by atoms with E-state index in [1.54, 1.807) is 0 Å². The first-order chi connectivity index (χ1) is 11.9. The molecule has 1 aliphatic carbocycles. The van der Waals surface area contributed by atoms with E-state index in [0.717, 1.165) is 31.9 Å². The molecule has 3 heterocycles. The number of carbonyl (C=O) groups excluding carboxylic acids is 1. The van der Waals surface area contributed by atoms with Crippen molar-refractivity contribution in [1.29, 1.82) is 0 Å². The van der Waals surface area contributed by atoms with E-state index in [4.69, 9.17) is 4.74 Å². The van der Waals surface area contributed by atoms with Crippen LogP contribution >= 0.6 is 0 Å². The molecule has 4 rings (SSSR count). The molecule has 1 spiro atoms. The Kier molecular flexibility index (Phi) is 4.87. The van der Waals surface area contributed by atoms with Gasteiger partial charge in [0.1, 0.15) is 0 Å². The molecule has 25 heavy (non-hydrogen) atoms. The number of hydrogen-bond donors (Lipinski definition) is 0. The lowest BCUT2D eigenvalue weighted by molar-refractivity contribution is -0.144. The molecule has 4 nitrogen and oxygen atoms in total.